The van der Waals surface area contributed by atoms with Crippen molar-refractivity contribution >= 4 is 22.7 Å². The zero-order valence-electron chi connectivity index (χ0n) is 25.1. The average Bonchev–Trinajstić information content (AvgIpc) is 3.71. The van der Waals surface area contributed by atoms with Crippen LogP contribution in [0.4, 0.5) is 0 Å². The number of rotatable bonds is 8. The summed E-state index contributed by atoms with van der Waals surface area (Å²) in [6.45, 7) is 4.69. The molecule has 4 aromatic carbocycles. The number of amides is 2. The number of hydrogen-bond donors (Lipinski definition) is 1. The van der Waals surface area contributed by atoms with Crippen LogP contribution in [-0.2, 0) is 18.4 Å². The van der Waals surface area contributed by atoms with Crippen molar-refractivity contribution in [1.82, 2.24) is 14.8 Å². The lowest BCUT2D eigenvalue weighted by Gasteiger charge is -2.34. The third kappa shape index (κ3) is 4.69. The summed E-state index contributed by atoms with van der Waals surface area (Å²) in [5, 5.41) is 4.21. The van der Waals surface area contributed by atoms with Crippen LogP contribution in [0, 0.1) is 5.92 Å². The van der Waals surface area contributed by atoms with Crippen molar-refractivity contribution in [2.75, 3.05) is 6.79 Å². The van der Waals surface area contributed by atoms with Gasteiger partial charge in [-0.05, 0) is 53.3 Å². The summed E-state index contributed by atoms with van der Waals surface area (Å²) in [5.41, 5.74) is 6.67. The molecule has 2 aliphatic rings. The van der Waals surface area contributed by atoms with Gasteiger partial charge < -0.3 is 24.3 Å². The van der Waals surface area contributed by atoms with E-state index in [1.54, 1.807) is 0 Å². The molecule has 0 saturated heterocycles. The van der Waals surface area contributed by atoms with E-state index in [9.17, 15) is 9.59 Å². The molecule has 2 aliphatic heterocycles. The number of para-hydroxylation sites is 1. The normalized spacial score (nSPS) is 16.0. The Kier molecular flexibility index (Phi) is 7.09. The van der Waals surface area contributed by atoms with E-state index in [-0.39, 0.29) is 24.5 Å². The predicted molar refractivity (Wildman–Crippen MR) is 170 cm³/mol. The standard InChI is InChI=1S/C37H35N3O4/c1-23(2)19-30(36(41)38-21-24-17-18-31-32(20-24)44-22-43-31)40-35(26-13-7-8-14-27(26)37(40)42)33-28-15-9-10-16-29(28)39(3)34(33)25-11-5-4-6-12-25/h4-18,20,23,30,35H,19,21-22H2,1-3H3,(H,38,41). The number of fused-ring (bicyclic) bond motifs is 3. The van der Waals surface area contributed by atoms with Gasteiger partial charge in [0.15, 0.2) is 11.5 Å². The van der Waals surface area contributed by atoms with E-state index in [1.807, 2.05) is 77.7 Å². The van der Waals surface area contributed by atoms with E-state index < -0.39 is 12.1 Å². The molecule has 0 radical (unpaired) electrons. The van der Waals surface area contributed by atoms with Crippen LogP contribution in [0.1, 0.15) is 53.4 Å². The molecular formula is C37H35N3O4. The minimum atomic E-state index is -0.684. The fraction of sp³-hybridized carbons (Fsp3) is 0.243. The lowest BCUT2D eigenvalue weighted by molar-refractivity contribution is -0.126. The van der Waals surface area contributed by atoms with Gasteiger partial charge in [0.25, 0.3) is 5.91 Å². The van der Waals surface area contributed by atoms with Gasteiger partial charge in [-0.1, -0.05) is 86.6 Å². The van der Waals surface area contributed by atoms with Gasteiger partial charge in [0, 0.05) is 35.6 Å². The van der Waals surface area contributed by atoms with E-state index in [0.29, 0.717) is 30.0 Å². The van der Waals surface area contributed by atoms with Gasteiger partial charge >= 0.3 is 0 Å². The Labute approximate surface area is 257 Å². The van der Waals surface area contributed by atoms with E-state index >= 15 is 0 Å². The summed E-state index contributed by atoms with van der Waals surface area (Å²) in [6, 6.07) is 30.9. The minimum Gasteiger partial charge on any atom is -0.454 e. The van der Waals surface area contributed by atoms with Crippen molar-refractivity contribution < 1.29 is 19.1 Å². The number of nitrogens with one attached hydrogen (secondary N) is 1. The van der Waals surface area contributed by atoms with Crippen molar-refractivity contribution in [1.29, 1.82) is 0 Å². The Balaban J connectivity index is 1.35. The van der Waals surface area contributed by atoms with Crippen molar-refractivity contribution in [3.05, 3.63) is 119 Å². The molecule has 44 heavy (non-hydrogen) atoms. The molecule has 7 heteroatoms. The molecule has 0 aliphatic carbocycles. The molecule has 222 valence electrons. The molecule has 2 unspecified atom stereocenters. The SMILES string of the molecule is CC(C)CC(C(=O)NCc1ccc2c(c1)OCO2)N1C(=O)c2ccccc2C1c1c(-c2ccccc2)n(C)c2ccccc12. The molecule has 3 heterocycles. The Morgan fingerprint density at radius 3 is 2.45 bits per heavy atom. The quantitative estimate of drug-likeness (QED) is 0.216. The first-order valence-corrected chi connectivity index (χ1v) is 15.1. The van der Waals surface area contributed by atoms with E-state index in [4.69, 9.17) is 9.47 Å². The van der Waals surface area contributed by atoms with Crippen LogP contribution in [0.25, 0.3) is 22.2 Å². The maximum absolute atomic E-state index is 14.4. The summed E-state index contributed by atoms with van der Waals surface area (Å²) < 4.78 is 13.2. The maximum Gasteiger partial charge on any atom is 0.255 e. The molecule has 0 spiro atoms. The smallest absolute Gasteiger partial charge is 0.255 e. The second-order valence-corrected chi connectivity index (χ2v) is 12.0. The Morgan fingerprint density at radius 1 is 0.909 bits per heavy atom. The fourth-order valence-electron chi connectivity index (χ4n) is 6.75. The number of ether oxygens (including phenoxy) is 2. The Bertz CT molecular complexity index is 1880. The molecule has 1 aromatic heterocycles. The largest absolute Gasteiger partial charge is 0.454 e. The number of nitrogens with zero attached hydrogens (tertiary/aromatic N) is 2. The number of carbonyl (C=O) groups is 2. The molecule has 0 fully saturated rings. The van der Waals surface area contributed by atoms with Gasteiger partial charge in [0.05, 0.1) is 11.7 Å². The van der Waals surface area contributed by atoms with Gasteiger partial charge in [-0.2, -0.15) is 0 Å². The summed E-state index contributed by atoms with van der Waals surface area (Å²) in [4.78, 5) is 30.5. The van der Waals surface area contributed by atoms with E-state index in [0.717, 1.165) is 38.9 Å². The highest BCUT2D eigenvalue weighted by Crippen LogP contribution is 2.47. The first-order valence-electron chi connectivity index (χ1n) is 15.1. The van der Waals surface area contributed by atoms with Gasteiger partial charge in [0.1, 0.15) is 6.04 Å². The zero-order chi connectivity index (χ0) is 30.4. The highest BCUT2D eigenvalue weighted by atomic mass is 16.7. The molecule has 0 saturated carbocycles. The van der Waals surface area contributed by atoms with Crippen LogP contribution in [0.15, 0.2) is 97.1 Å². The fourth-order valence-corrected chi connectivity index (χ4v) is 6.75. The minimum absolute atomic E-state index is 0.124. The highest BCUT2D eigenvalue weighted by molar-refractivity contribution is 6.04. The lowest BCUT2D eigenvalue weighted by atomic mass is 9.91. The first-order chi connectivity index (χ1) is 21.4. The third-order valence-corrected chi connectivity index (χ3v) is 8.70. The zero-order valence-corrected chi connectivity index (χ0v) is 25.1. The monoisotopic (exact) mass is 585 g/mol. The van der Waals surface area contributed by atoms with Gasteiger partial charge in [-0.3, -0.25) is 9.59 Å². The van der Waals surface area contributed by atoms with Crippen molar-refractivity contribution in [2.45, 2.75) is 38.9 Å². The highest BCUT2D eigenvalue weighted by Gasteiger charge is 2.46. The number of carbonyl (C=O) groups excluding carboxylic acids is 2. The Morgan fingerprint density at radius 2 is 1.64 bits per heavy atom. The molecule has 5 aromatic rings. The first kappa shape index (κ1) is 27.8. The molecular weight excluding hydrogens is 550 g/mol. The van der Waals surface area contributed by atoms with Crippen molar-refractivity contribution in [3.8, 4) is 22.8 Å². The van der Waals surface area contributed by atoms with Crippen LogP contribution >= 0.6 is 0 Å². The molecule has 1 N–H and O–H groups in total. The van der Waals surface area contributed by atoms with Crippen molar-refractivity contribution in [3.63, 3.8) is 0 Å². The number of benzene rings is 4. The maximum atomic E-state index is 14.4. The van der Waals surface area contributed by atoms with Crippen LogP contribution in [0.5, 0.6) is 11.5 Å². The predicted octanol–water partition coefficient (Wildman–Crippen LogP) is 6.85. The second kappa shape index (κ2) is 11.2. The Hall–Kier alpha value is -5.04. The van der Waals surface area contributed by atoms with Crippen molar-refractivity contribution in [2.24, 2.45) is 13.0 Å². The van der Waals surface area contributed by atoms with Crippen LogP contribution in [0.2, 0.25) is 0 Å². The van der Waals surface area contributed by atoms with Crippen LogP contribution in [-0.4, -0.2) is 34.1 Å². The molecule has 2 atom stereocenters. The van der Waals surface area contributed by atoms with Gasteiger partial charge in [-0.25, -0.2) is 0 Å². The van der Waals surface area contributed by atoms with E-state index in [1.165, 1.54) is 0 Å². The molecule has 0 bridgehead atoms. The summed E-state index contributed by atoms with van der Waals surface area (Å²) in [5.74, 6) is 1.25. The third-order valence-electron chi connectivity index (χ3n) is 8.70. The van der Waals surface area contributed by atoms with E-state index in [2.05, 4.69) is 55.0 Å². The number of aromatic nitrogens is 1. The average molecular weight is 586 g/mol. The number of hydrogen-bond acceptors (Lipinski definition) is 4. The molecule has 2 amide bonds. The molecule has 7 rings (SSSR count). The lowest BCUT2D eigenvalue weighted by Crippen LogP contribution is -2.49. The van der Waals surface area contributed by atoms with Crippen LogP contribution in [0.3, 0.4) is 0 Å². The molecule has 7 nitrogen and oxygen atoms in total. The summed E-state index contributed by atoms with van der Waals surface area (Å²) >= 11 is 0. The summed E-state index contributed by atoms with van der Waals surface area (Å²) in [6.07, 6.45) is 0.522. The topological polar surface area (TPSA) is 72.8 Å². The van der Waals surface area contributed by atoms with Gasteiger partial charge in [0.2, 0.25) is 12.7 Å². The van der Waals surface area contributed by atoms with Crippen LogP contribution < -0.4 is 14.8 Å². The van der Waals surface area contributed by atoms with Gasteiger partial charge in [-0.15, -0.1) is 0 Å². The number of aryl methyl sites for hydroxylation is 1. The second-order valence-electron chi connectivity index (χ2n) is 12.0. The summed E-state index contributed by atoms with van der Waals surface area (Å²) in [7, 11) is 2.07.